The fourth-order valence-electron chi connectivity index (χ4n) is 10.3. The largest absolute Gasteiger partial charge is 0.462 e. The van der Waals surface area contributed by atoms with E-state index in [1.165, 1.54) is 51.4 Å². The van der Waals surface area contributed by atoms with Crippen LogP contribution in [-0.2, 0) is 25.7 Å². The fraction of sp³-hybridized carbons (Fsp3) is 0.744. The smallest absolute Gasteiger partial charge is 0.306 e. The molecule has 0 radical (unpaired) electrons. The summed E-state index contributed by atoms with van der Waals surface area (Å²) in [5, 5.41) is 0. The number of fused-ring (bicyclic) bond motifs is 5. The first kappa shape index (κ1) is 33.9. The predicted octanol–water partition coefficient (Wildman–Crippen LogP) is 9.02. The molecule has 0 bridgehead atoms. The number of esters is 2. The van der Waals surface area contributed by atoms with Crippen LogP contribution < -0.4 is 11.5 Å². The van der Waals surface area contributed by atoms with E-state index in [9.17, 15) is 9.59 Å². The number of carbonyl (C=O) groups is 2. The molecule has 250 valence electrons. The highest BCUT2D eigenvalue weighted by Crippen LogP contribution is 2.67. The number of hydrogen-bond acceptors (Lipinski definition) is 6. The summed E-state index contributed by atoms with van der Waals surface area (Å²) in [5.41, 5.74) is 15.8. The van der Waals surface area contributed by atoms with Crippen molar-refractivity contribution in [2.75, 3.05) is 11.5 Å². The molecular formula is C39H60N2O4. The van der Waals surface area contributed by atoms with Gasteiger partial charge in [-0.2, -0.15) is 0 Å². The van der Waals surface area contributed by atoms with E-state index in [1.807, 2.05) is 0 Å². The van der Waals surface area contributed by atoms with Crippen molar-refractivity contribution in [2.24, 2.45) is 46.3 Å². The van der Waals surface area contributed by atoms with E-state index < -0.39 is 0 Å². The molecule has 0 heterocycles. The molecule has 1 aromatic carbocycles. The van der Waals surface area contributed by atoms with E-state index in [0.717, 1.165) is 60.3 Å². The second kappa shape index (κ2) is 14.1. The molecule has 3 fully saturated rings. The Hall–Kier alpha value is -2.50. The lowest BCUT2D eigenvalue weighted by molar-refractivity contribution is -0.152. The summed E-state index contributed by atoms with van der Waals surface area (Å²) in [6, 6.07) is 5.15. The summed E-state index contributed by atoms with van der Waals surface area (Å²) in [4.78, 5) is 25.0. The maximum Gasteiger partial charge on any atom is 0.306 e. The van der Waals surface area contributed by atoms with Crippen LogP contribution in [0.1, 0.15) is 130 Å². The summed E-state index contributed by atoms with van der Waals surface area (Å²) < 4.78 is 11.3. The van der Waals surface area contributed by atoms with E-state index >= 15 is 0 Å². The molecule has 4 aliphatic carbocycles. The van der Waals surface area contributed by atoms with Crippen molar-refractivity contribution in [1.29, 1.82) is 0 Å². The summed E-state index contributed by atoms with van der Waals surface area (Å²) in [5.74, 6) is 4.41. The first-order valence-corrected chi connectivity index (χ1v) is 18.1. The van der Waals surface area contributed by atoms with Gasteiger partial charge in [0.25, 0.3) is 0 Å². The van der Waals surface area contributed by atoms with Crippen LogP contribution in [-0.4, -0.2) is 18.0 Å². The Morgan fingerprint density at radius 1 is 0.933 bits per heavy atom. The Labute approximate surface area is 272 Å². The van der Waals surface area contributed by atoms with Crippen molar-refractivity contribution in [2.45, 2.75) is 137 Å². The molecule has 3 saturated carbocycles. The topological polar surface area (TPSA) is 105 Å². The number of hydrogen-bond donors (Lipinski definition) is 2. The summed E-state index contributed by atoms with van der Waals surface area (Å²) in [6.07, 6.45) is 17.2. The molecule has 0 amide bonds. The van der Waals surface area contributed by atoms with Crippen LogP contribution in [0.15, 0.2) is 29.8 Å². The molecule has 8 atom stereocenters. The van der Waals surface area contributed by atoms with Gasteiger partial charge in [-0.15, -0.1) is 0 Å². The lowest BCUT2D eigenvalue weighted by Gasteiger charge is -2.58. The van der Waals surface area contributed by atoms with Crippen molar-refractivity contribution in [3.05, 3.63) is 35.4 Å². The van der Waals surface area contributed by atoms with Gasteiger partial charge in [-0.3, -0.25) is 9.59 Å². The first-order chi connectivity index (χ1) is 21.4. The van der Waals surface area contributed by atoms with Crippen LogP contribution in [0.2, 0.25) is 0 Å². The number of nitrogens with two attached hydrogens (primary N) is 2. The van der Waals surface area contributed by atoms with Crippen molar-refractivity contribution in [3.63, 3.8) is 0 Å². The quantitative estimate of drug-likeness (QED) is 0.137. The van der Waals surface area contributed by atoms with Gasteiger partial charge in [0.2, 0.25) is 0 Å². The number of rotatable bonds is 12. The standard InChI is InChI=1S/C39H60N2O4/c1-25(2)8-6-9-26(3)32-16-17-33-31-15-13-28-22-30(18-20-38(28,4)34(31)19-21-39(32,33)5)45-37(43)11-7-10-36(42)44-24-27-12-14-29(40)23-35(27)41/h12-14,23,25-26,30-34H,6-11,15-22,24,40-41H2,1-5H3. The van der Waals surface area contributed by atoms with E-state index in [-0.39, 0.29) is 42.9 Å². The van der Waals surface area contributed by atoms with Crippen molar-refractivity contribution in [3.8, 4) is 0 Å². The monoisotopic (exact) mass is 620 g/mol. The van der Waals surface area contributed by atoms with E-state index in [2.05, 4.69) is 40.7 Å². The zero-order chi connectivity index (χ0) is 32.4. The Kier molecular flexibility index (Phi) is 10.6. The molecule has 6 heteroatoms. The summed E-state index contributed by atoms with van der Waals surface area (Å²) >= 11 is 0. The number of ether oxygens (including phenoxy) is 2. The third kappa shape index (κ3) is 7.41. The van der Waals surface area contributed by atoms with E-state index in [0.29, 0.717) is 23.2 Å². The molecule has 0 spiro atoms. The molecule has 1 aromatic rings. The molecule has 4 aliphatic rings. The van der Waals surface area contributed by atoms with Crippen molar-refractivity contribution >= 4 is 23.3 Å². The predicted molar refractivity (Wildman–Crippen MR) is 182 cm³/mol. The minimum absolute atomic E-state index is 0.0507. The van der Waals surface area contributed by atoms with Gasteiger partial charge >= 0.3 is 11.9 Å². The molecule has 0 saturated heterocycles. The third-order valence-electron chi connectivity index (χ3n) is 12.9. The fourth-order valence-corrected chi connectivity index (χ4v) is 10.3. The average molecular weight is 621 g/mol. The van der Waals surface area contributed by atoms with Gasteiger partial charge in [-0.05, 0) is 110 Å². The Bertz CT molecular complexity index is 1240. The zero-order valence-corrected chi connectivity index (χ0v) is 28.7. The molecule has 45 heavy (non-hydrogen) atoms. The minimum Gasteiger partial charge on any atom is -0.462 e. The van der Waals surface area contributed by atoms with Crippen LogP contribution in [0.25, 0.3) is 0 Å². The maximum absolute atomic E-state index is 12.7. The third-order valence-corrected chi connectivity index (χ3v) is 12.9. The number of carbonyl (C=O) groups excluding carboxylic acids is 2. The van der Waals surface area contributed by atoms with Crippen LogP contribution >= 0.6 is 0 Å². The lowest BCUT2D eigenvalue weighted by Crippen LogP contribution is -2.51. The molecule has 6 nitrogen and oxygen atoms in total. The Morgan fingerprint density at radius 2 is 1.71 bits per heavy atom. The molecule has 5 rings (SSSR count). The molecule has 8 unspecified atom stereocenters. The van der Waals surface area contributed by atoms with Gasteiger partial charge in [0.1, 0.15) is 12.7 Å². The Balaban J connectivity index is 1.09. The lowest BCUT2D eigenvalue weighted by atomic mass is 9.47. The number of benzene rings is 1. The molecule has 4 N–H and O–H groups in total. The molecule has 0 aliphatic heterocycles. The molecular weight excluding hydrogens is 560 g/mol. The summed E-state index contributed by atoms with van der Waals surface area (Å²) in [7, 11) is 0. The highest BCUT2D eigenvalue weighted by Gasteiger charge is 2.59. The van der Waals surface area contributed by atoms with Gasteiger partial charge in [0.05, 0.1) is 0 Å². The number of nitrogen functional groups attached to an aromatic ring is 2. The van der Waals surface area contributed by atoms with Crippen LogP contribution in [0.5, 0.6) is 0 Å². The van der Waals surface area contributed by atoms with Gasteiger partial charge < -0.3 is 20.9 Å². The van der Waals surface area contributed by atoms with Gasteiger partial charge in [0.15, 0.2) is 0 Å². The minimum atomic E-state index is -0.341. The van der Waals surface area contributed by atoms with Gasteiger partial charge in [-0.1, -0.05) is 71.6 Å². The molecule has 0 aromatic heterocycles. The maximum atomic E-state index is 12.7. The van der Waals surface area contributed by atoms with Gasteiger partial charge in [-0.25, -0.2) is 0 Å². The normalized spacial score (nSPS) is 33.0. The number of anilines is 2. The Morgan fingerprint density at radius 3 is 2.47 bits per heavy atom. The highest BCUT2D eigenvalue weighted by atomic mass is 16.5. The first-order valence-electron chi connectivity index (χ1n) is 18.1. The number of allylic oxidation sites excluding steroid dienone is 1. The second-order valence-electron chi connectivity index (χ2n) is 16.1. The highest BCUT2D eigenvalue weighted by molar-refractivity contribution is 5.73. The van der Waals surface area contributed by atoms with E-state index in [4.69, 9.17) is 20.9 Å². The summed E-state index contributed by atoms with van der Waals surface area (Å²) in [6.45, 7) is 12.6. The average Bonchev–Trinajstić information content (AvgIpc) is 3.34. The zero-order valence-electron chi connectivity index (χ0n) is 28.7. The van der Waals surface area contributed by atoms with Crippen molar-refractivity contribution < 1.29 is 19.1 Å². The van der Waals surface area contributed by atoms with Gasteiger partial charge in [0, 0.05) is 36.2 Å². The van der Waals surface area contributed by atoms with E-state index in [1.54, 1.807) is 23.8 Å². The van der Waals surface area contributed by atoms with Crippen LogP contribution in [0.3, 0.4) is 0 Å². The SMILES string of the molecule is CC(C)CCCC(C)C1CCC2C3CC=C4CC(OC(=O)CCCC(=O)OCc5ccc(N)cc5N)CCC4(C)C3CCC12C. The van der Waals surface area contributed by atoms with Crippen LogP contribution in [0.4, 0.5) is 11.4 Å². The van der Waals surface area contributed by atoms with Crippen molar-refractivity contribution in [1.82, 2.24) is 0 Å². The second-order valence-corrected chi connectivity index (χ2v) is 16.1. The van der Waals surface area contributed by atoms with Crippen LogP contribution in [0, 0.1) is 46.3 Å².